The Hall–Kier alpha value is -3.16. The second kappa shape index (κ2) is 8.17. The maximum Gasteiger partial charge on any atom is 0.266 e. The highest BCUT2D eigenvalue weighted by Crippen LogP contribution is 2.38. The molecule has 0 atom stereocenters. The Balaban J connectivity index is 1.71. The number of hydrogen-bond acceptors (Lipinski definition) is 7. The molecular formula is C17H9ClF3N5O3S2. The third-order valence-electron chi connectivity index (χ3n) is 3.91. The van der Waals surface area contributed by atoms with Gasteiger partial charge in [0.05, 0.1) is 11.2 Å². The molecule has 2 N–H and O–H groups in total. The summed E-state index contributed by atoms with van der Waals surface area (Å²) in [7, 11) is -4.48. The number of sulfonamides is 1. The van der Waals surface area contributed by atoms with Gasteiger partial charge in [0.2, 0.25) is 5.13 Å². The van der Waals surface area contributed by atoms with Crippen molar-refractivity contribution < 1.29 is 26.3 Å². The van der Waals surface area contributed by atoms with Gasteiger partial charge in [-0.3, -0.25) is 9.82 Å². The number of nitrogens with one attached hydrogen (secondary N) is 2. The average molecular weight is 488 g/mol. The van der Waals surface area contributed by atoms with E-state index in [9.17, 15) is 21.6 Å². The van der Waals surface area contributed by atoms with Crippen LogP contribution in [-0.2, 0) is 10.0 Å². The van der Waals surface area contributed by atoms with Crippen LogP contribution in [0.4, 0.5) is 18.3 Å². The van der Waals surface area contributed by atoms with Gasteiger partial charge in [0, 0.05) is 47.1 Å². The average Bonchev–Trinajstić information content (AvgIpc) is 3.41. The number of halogens is 4. The highest BCUT2D eigenvalue weighted by Gasteiger charge is 2.24. The van der Waals surface area contributed by atoms with Gasteiger partial charge in [-0.15, -0.1) is 0 Å². The van der Waals surface area contributed by atoms with E-state index in [1.165, 1.54) is 12.4 Å². The van der Waals surface area contributed by atoms with Gasteiger partial charge in [0.15, 0.2) is 11.6 Å². The van der Waals surface area contributed by atoms with E-state index < -0.39 is 38.1 Å². The molecule has 4 rings (SSSR count). The zero-order valence-electron chi connectivity index (χ0n) is 14.9. The Labute approximate surface area is 181 Å². The molecule has 0 amide bonds. The predicted octanol–water partition coefficient (Wildman–Crippen LogP) is 4.59. The molecule has 0 fully saturated rings. The lowest BCUT2D eigenvalue weighted by atomic mass is 10.1. The number of aromatic amines is 1. The molecule has 8 nitrogen and oxygen atoms in total. The number of H-pyrrole nitrogens is 1. The van der Waals surface area contributed by atoms with E-state index >= 15 is 0 Å². The van der Waals surface area contributed by atoms with Crippen molar-refractivity contribution in [3.63, 3.8) is 0 Å². The van der Waals surface area contributed by atoms with Crippen LogP contribution in [0.25, 0.3) is 11.1 Å². The molecule has 0 radical (unpaired) electrons. The second-order valence-corrected chi connectivity index (χ2v) is 8.75. The van der Waals surface area contributed by atoms with E-state index in [0.717, 1.165) is 30.0 Å². The van der Waals surface area contributed by atoms with Crippen molar-refractivity contribution in [3.05, 3.63) is 65.5 Å². The first-order valence-corrected chi connectivity index (χ1v) is 10.8. The topological polar surface area (TPSA) is 110 Å². The van der Waals surface area contributed by atoms with Crippen molar-refractivity contribution >= 4 is 38.3 Å². The highest BCUT2D eigenvalue weighted by atomic mass is 35.5. The van der Waals surface area contributed by atoms with Gasteiger partial charge in [0.25, 0.3) is 10.0 Å². The molecule has 0 bridgehead atoms. The van der Waals surface area contributed by atoms with Gasteiger partial charge in [-0.2, -0.15) is 9.47 Å². The lowest BCUT2D eigenvalue weighted by Crippen LogP contribution is -2.15. The third kappa shape index (κ3) is 4.33. The first-order valence-electron chi connectivity index (χ1n) is 8.19. The molecule has 0 spiro atoms. The summed E-state index contributed by atoms with van der Waals surface area (Å²) in [4.78, 5) is 2.67. The molecule has 0 unspecified atom stereocenters. The van der Waals surface area contributed by atoms with Crippen LogP contribution in [0.2, 0.25) is 5.02 Å². The van der Waals surface area contributed by atoms with Crippen LogP contribution in [-0.4, -0.2) is 28.0 Å². The predicted molar refractivity (Wildman–Crippen MR) is 106 cm³/mol. The van der Waals surface area contributed by atoms with Crippen LogP contribution in [0.15, 0.2) is 47.9 Å². The van der Waals surface area contributed by atoms with Crippen LogP contribution in [0.1, 0.15) is 0 Å². The fourth-order valence-corrected chi connectivity index (χ4v) is 4.42. The SMILES string of the molecule is O=S(=O)(Nc1ncns1)c1cc(F)c(Oc2cc(Cl)c(F)cc2-c2cn[nH]c2)cc1F. The van der Waals surface area contributed by atoms with E-state index in [1.54, 1.807) is 0 Å². The van der Waals surface area contributed by atoms with Crippen LogP contribution in [0.3, 0.4) is 0 Å². The fourth-order valence-electron chi connectivity index (χ4n) is 2.54. The monoisotopic (exact) mass is 487 g/mol. The summed E-state index contributed by atoms with van der Waals surface area (Å²) in [6, 6.07) is 3.14. The Morgan fingerprint density at radius 2 is 1.87 bits per heavy atom. The molecule has 14 heteroatoms. The standard InChI is InChI=1S/C17H9ClF3N5O3S2/c18-10-2-14(9(1-11(10)19)8-5-23-24-6-8)29-15-3-13(21)16(4-12(15)20)31(27,28)26-17-22-7-25-30-17/h1-7H,(H,23,24)(H,22,25,26). The van der Waals surface area contributed by atoms with E-state index in [0.29, 0.717) is 17.7 Å². The summed E-state index contributed by atoms with van der Waals surface area (Å²) in [5.41, 5.74) is 0.553. The number of nitrogens with zero attached hydrogens (tertiary/aromatic N) is 3. The summed E-state index contributed by atoms with van der Waals surface area (Å²) >= 11 is 6.51. The third-order valence-corrected chi connectivity index (χ3v) is 6.26. The van der Waals surface area contributed by atoms with Crippen LogP contribution in [0.5, 0.6) is 11.5 Å². The maximum atomic E-state index is 14.6. The molecule has 160 valence electrons. The largest absolute Gasteiger partial charge is 0.453 e. The first-order chi connectivity index (χ1) is 14.7. The molecule has 0 saturated heterocycles. The lowest BCUT2D eigenvalue weighted by molar-refractivity contribution is 0.432. The fraction of sp³-hybridized carbons (Fsp3) is 0. The van der Waals surface area contributed by atoms with E-state index in [1.807, 2.05) is 4.72 Å². The second-order valence-electron chi connectivity index (χ2n) is 5.92. The Bertz CT molecular complexity index is 1350. The Morgan fingerprint density at radius 3 is 2.55 bits per heavy atom. The normalized spacial score (nSPS) is 11.5. The number of hydrogen-bond donors (Lipinski definition) is 2. The van der Waals surface area contributed by atoms with Crippen LogP contribution in [0, 0.1) is 17.5 Å². The van der Waals surface area contributed by atoms with Crippen molar-refractivity contribution in [1.29, 1.82) is 0 Å². The van der Waals surface area contributed by atoms with Gasteiger partial charge in [-0.25, -0.2) is 26.6 Å². The Morgan fingerprint density at radius 1 is 1.06 bits per heavy atom. The molecule has 2 aromatic heterocycles. The molecule has 0 aliphatic rings. The van der Waals surface area contributed by atoms with E-state index in [-0.39, 0.29) is 21.5 Å². The number of anilines is 1. The van der Waals surface area contributed by atoms with Gasteiger partial charge in [-0.05, 0) is 6.07 Å². The van der Waals surface area contributed by atoms with Crippen LogP contribution < -0.4 is 9.46 Å². The molecule has 4 aromatic rings. The first kappa shape index (κ1) is 21.1. The summed E-state index contributed by atoms with van der Waals surface area (Å²) in [5.74, 6) is -3.97. The minimum absolute atomic E-state index is 0.103. The van der Waals surface area contributed by atoms with E-state index in [4.69, 9.17) is 16.3 Å². The van der Waals surface area contributed by atoms with Crippen LogP contribution >= 0.6 is 23.1 Å². The van der Waals surface area contributed by atoms with Crippen molar-refractivity contribution in [1.82, 2.24) is 19.6 Å². The molecular weight excluding hydrogens is 479 g/mol. The maximum absolute atomic E-state index is 14.6. The van der Waals surface area contributed by atoms with Crippen molar-refractivity contribution in [2.24, 2.45) is 0 Å². The summed E-state index contributed by atoms with van der Waals surface area (Å²) < 4.78 is 78.9. The zero-order chi connectivity index (χ0) is 22.2. The number of rotatable bonds is 6. The number of aromatic nitrogens is 4. The highest BCUT2D eigenvalue weighted by molar-refractivity contribution is 7.93. The molecule has 0 aliphatic carbocycles. The zero-order valence-corrected chi connectivity index (χ0v) is 17.3. The minimum Gasteiger partial charge on any atom is -0.453 e. The van der Waals surface area contributed by atoms with Crippen molar-refractivity contribution in [2.45, 2.75) is 4.90 Å². The van der Waals surface area contributed by atoms with Crippen molar-refractivity contribution in [3.8, 4) is 22.6 Å². The van der Waals surface area contributed by atoms with Gasteiger partial charge in [-0.1, -0.05) is 11.6 Å². The summed E-state index contributed by atoms with van der Waals surface area (Å²) in [6.07, 6.45) is 3.89. The quantitative estimate of drug-likeness (QED) is 0.411. The summed E-state index contributed by atoms with van der Waals surface area (Å²) in [5, 5.41) is 5.85. The van der Waals surface area contributed by atoms with Crippen molar-refractivity contribution in [2.75, 3.05) is 4.72 Å². The Kier molecular flexibility index (Phi) is 5.56. The van der Waals surface area contributed by atoms with Gasteiger partial charge >= 0.3 is 0 Å². The van der Waals surface area contributed by atoms with Gasteiger partial charge < -0.3 is 4.74 Å². The summed E-state index contributed by atoms with van der Waals surface area (Å²) in [6.45, 7) is 0. The number of ether oxygens (including phenoxy) is 1. The van der Waals surface area contributed by atoms with Gasteiger partial charge in [0.1, 0.15) is 28.6 Å². The molecule has 0 saturated carbocycles. The molecule has 2 aromatic carbocycles. The minimum atomic E-state index is -4.48. The number of benzene rings is 2. The molecule has 2 heterocycles. The lowest BCUT2D eigenvalue weighted by Gasteiger charge is -2.13. The molecule has 31 heavy (non-hydrogen) atoms. The van der Waals surface area contributed by atoms with E-state index in [2.05, 4.69) is 19.6 Å². The molecule has 0 aliphatic heterocycles. The smallest absolute Gasteiger partial charge is 0.266 e.